The van der Waals surface area contributed by atoms with E-state index in [-0.39, 0.29) is 6.09 Å². The van der Waals surface area contributed by atoms with Gasteiger partial charge in [-0.25, -0.2) is 4.79 Å². The fourth-order valence-corrected chi connectivity index (χ4v) is 2.47. The number of piperidine rings is 1. The number of nitrogens with one attached hydrogen (secondary N) is 1. The summed E-state index contributed by atoms with van der Waals surface area (Å²) in [6.45, 7) is 4.82. The van der Waals surface area contributed by atoms with Gasteiger partial charge in [-0.3, -0.25) is 4.99 Å². The van der Waals surface area contributed by atoms with Crippen molar-refractivity contribution in [1.82, 2.24) is 10.2 Å². The smallest absolute Gasteiger partial charge is 0.409 e. The van der Waals surface area contributed by atoms with Crippen molar-refractivity contribution in [3.8, 4) is 0 Å². The van der Waals surface area contributed by atoms with Crippen molar-refractivity contribution in [2.45, 2.75) is 45.1 Å². The molecule has 2 aliphatic rings. The summed E-state index contributed by atoms with van der Waals surface area (Å²) in [5, 5.41) is 3.52. The number of nitrogens with zero attached hydrogens (tertiary/aromatic N) is 2. The molecule has 5 nitrogen and oxygen atoms in total. The molecule has 0 saturated carbocycles. The maximum Gasteiger partial charge on any atom is 0.409 e. The van der Waals surface area contributed by atoms with E-state index in [4.69, 9.17) is 4.74 Å². The molecule has 0 aliphatic carbocycles. The summed E-state index contributed by atoms with van der Waals surface area (Å²) in [4.78, 5) is 17.9. The Hall–Kier alpha value is -1.26. The molecule has 0 spiro atoms. The molecular formula is C13H23N3O2. The molecule has 2 rings (SSSR count). The molecule has 0 radical (unpaired) electrons. The average Bonchev–Trinajstić information content (AvgIpc) is 2.41. The van der Waals surface area contributed by atoms with E-state index in [0.29, 0.717) is 12.6 Å². The summed E-state index contributed by atoms with van der Waals surface area (Å²) in [6, 6.07) is 0.465. The fourth-order valence-electron chi connectivity index (χ4n) is 2.47. The first-order chi connectivity index (χ1) is 8.79. The van der Waals surface area contributed by atoms with Crippen LogP contribution in [0.15, 0.2) is 4.99 Å². The molecule has 0 aromatic rings. The average molecular weight is 253 g/mol. The second-order valence-corrected chi connectivity index (χ2v) is 4.89. The largest absolute Gasteiger partial charge is 0.450 e. The number of likely N-dealkylation sites (tertiary alicyclic amines) is 1. The van der Waals surface area contributed by atoms with Gasteiger partial charge in [-0.15, -0.1) is 0 Å². The highest BCUT2D eigenvalue weighted by Crippen LogP contribution is 2.13. The molecule has 5 heteroatoms. The topological polar surface area (TPSA) is 53.9 Å². The third-order valence-corrected chi connectivity index (χ3v) is 3.52. The number of rotatable bonds is 2. The molecule has 1 N–H and O–H groups in total. The van der Waals surface area contributed by atoms with Crippen LogP contribution >= 0.6 is 0 Å². The van der Waals surface area contributed by atoms with E-state index in [0.717, 1.165) is 44.7 Å². The zero-order chi connectivity index (χ0) is 12.8. The number of ether oxygens (including phenoxy) is 1. The third-order valence-electron chi connectivity index (χ3n) is 3.52. The molecule has 0 atom stereocenters. The predicted octanol–water partition coefficient (Wildman–Crippen LogP) is 1.78. The molecule has 1 saturated heterocycles. The molecule has 0 aromatic carbocycles. The number of carbonyl (C=O) groups excluding carboxylic acids is 1. The van der Waals surface area contributed by atoms with Gasteiger partial charge >= 0.3 is 6.09 Å². The Kier molecular flexibility index (Phi) is 4.84. The Labute approximate surface area is 109 Å². The summed E-state index contributed by atoms with van der Waals surface area (Å²) in [6.07, 6.45) is 5.33. The molecule has 0 aromatic heterocycles. The summed E-state index contributed by atoms with van der Waals surface area (Å²) >= 11 is 0. The van der Waals surface area contributed by atoms with Crippen LogP contribution in [0.5, 0.6) is 0 Å². The molecule has 2 aliphatic heterocycles. The van der Waals surface area contributed by atoms with Crippen LogP contribution in [-0.4, -0.2) is 49.1 Å². The maximum atomic E-state index is 11.6. The predicted molar refractivity (Wildman–Crippen MR) is 70.9 cm³/mol. The van der Waals surface area contributed by atoms with Gasteiger partial charge in [0.25, 0.3) is 0 Å². The Morgan fingerprint density at radius 1 is 1.44 bits per heavy atom. The van der Waals surface area contributed by atoms with Gasteiger partial charge in [0.1, 0.15) is 0 Å². The molecule has 2 heterocycles. The number of carbonyl (C=O) groups is 1. The lowest BCUT2D eigenvalue weighted by Gasteiger charge is -2.32. The number of amidine groups is 1. The number of hydrogen-bond acceptors (Lipinski definition) is 4. The third kappa shape index (κ3) is 3.62. The van der Waals surface area contributed by atoms with E-state index in [1.165, 1.54) is 12.8 Å². The molecule has 102 valence electrons. The minimum atomic E-state index is -0.175. The first-order valence-electron chi connectivity index (χ1n) is 7.01. The maximum absolute atomic E-state index is 11.6. The molecule has 1 amide bonds. The van der Waals surface area contributed by atoms with Crippen molar-refractivity contribution in [2.24, 2.45) is 4.99 Å². The van der Waals surface area contributed by atoms with Gasteiger partial charge in [-0.1, -0.05) is 0 Å². The van der Waals surface area contributed by atoms with Crippen LogP contribution in [0, 0.1) is 0 Å². The van der Waals surface area contributed by atoms with Gasteiger partial charge < -0.3 is 15.0 Å². The molecule has 18 heavy (non-hydrogen) atoms. The number of hydrogen-bond donors (Lipinski definition) is 1. The Morgan fingerprint density at radius 3 is 2.83 bits per heavy atom. The summed E-state index contributed by atoms with van der Waals surface area (Å²) in [7, 11) is 0. The summed E-state index contributed by atoms with van der Waals surface area (Å²) in [5.74, 6) is 1.16. The van der Waals surface area contributed by atoms with Crippen LogP contribution in [0.4, 0.5) is 4.79 Å². The van der Waals surface area contributed by atoms with Crippen molar-refractivity contribution in [1.29, 1.82) is 0 Å². The van der Waals surface area contributed by atoms with Crippen molar-refractivity contribution in [3.63, 3.8) is 0 Å². The van der Waals surface area contributed by atoms with Crippen molar-refractivity contribution in [2.75, 3.05) is 26.2 Å². The highest BCUT2D eigenvalue weighted by molar-refractivity contribution is 5.82. The Balaban J connectivity index is 1.73. The fraction of sp³-hybridized carbons (Fsp3) is 0.846. The number of amides is 1. The normalized spacial score (nSPS) is 21.4. The Morgan fingerprint density at radius 2 is 2.22 bits per heavy atom. The van der Waals surface area contributed by atoms with Crippen LogP contribution in [0.1, 0.15) is 39.0 Å². The van der Waals surface area contributed by atoms with Gasteiger partial charge in [0.2, 0.25) is 0 Å². The first-order valence-corrected chi connectivity index (χ1v) is 7.01. The van der Waals surface area contributed by atoms with Crippen molar-refractivity contribution < 1.29 is 9.53 Å². The van der Waals surface area contributed by atoms with Crippen LogP contribution in [0.2, 0.25) is 0 Å². The molecule has 1 fully saturated rings. The lowest BCUT2D eigenvalue weighted by atomic mass is 10.0. The van der Waals surface area contributed by atoms with Crippen molar-refractivity contribution >= 4 is 11.9 Å². The van der Waals surface area contributed by atoms with Gasteiger partial charge in [0.05, 0.1) is 12.4 Å². The van der Waals surface area contributed by atoms with E-state index in [9.17, 15) is 4.79 Å². The lowest BCUT2D eigenvalue weighted by Crippen LogP contribution is -2.47. The molecular weight excluding hydrogens is 230 g/mol. The summed E-state index contributed by atoms with van der Waals surface area (Å²) < 4.78 is 5.01. The van der Waals surface area contributed by atoms with E-state index >= 15 is 0 Å². The van der Waals surface area contributed by atoms with Crippen LogP contribution in [0.3, 0.4) is 0 Å². The van der Waals surface area contributed by atoms with Gasteiger partial charge in [0, 0.05) is 32.1 Å². The summed E-state index contributed by atoms with van der Waals surface area (Å²) in [5.41, 5.74) is 0. The second kappa shape index (κ2) is 6.61. The van der Waals surface area contributed by atoms with Gasteiger partial charge in [-0.2, -0.15) is 0 Å². The zero-order valence-electron chi connectivity index (χ0n) is 11.2. The first kappa shape index (κ1) is 13.2. The minimum absolute atomic E-state index is 0.175. The standard InChI is InChI=1S/C13H23N3O2/c1-2-18-13(17)16-9-6-11(7-10-16)15-12-5-3-4-8-14-12/h11H,2-10H2,1H3,(H,14,15). The van der Waals surface area contributed by atoms with E-state index in [2.05, 4.69) is 10.3 Å². The van der Waals surface area contributed by atoms with Gasteiger partial charge in [0.15, 0.2) is 0 Å². The minimum Gasteiger partial charge on any atom is -0.450 e. The second-order valence-electron chi connectivity index (χ2n) is 4.89. The van der Waals surface area contributed by atoms with Crippen LogP contribution < -0.4 is 5.32 Å². The molecule has 0 bridgehead atoms. The van der Waals surface area contributed by atoms with Crippen LogP contribution in [0.25, 0.3) is 0 Å². The zero-order valence-corrected chi connectivity index (χ0v) is 11.2. The quantitative estimate of drug-likeness (QED) is 0.816. The molecule has 0 unspecified atom stereocenters. The van der Waals surface area contributed by atoms with Gasteiger partial charge in [-0.05, 0) is 32.6 Å². The van der Waals surface area contributed by atoms with E-state index in [1.807, 2.05) is 6.92 Å². The lowest BCUT2D eigenvalue weighted by molar-refractivity contribution is 0.0963. The monoisotopic (exact) mass is 253 g/mol. The highest BCUT2D eigenvalue weighted by atomic mass is 16.6. The SMILES string of the molecule is CCOC(=O)N1CCC(NC2=NCCCC2)CC1. The highest BCUT2D eigenvalue weighted by Gasteiger charge is 2.24. The Bertz CT molecular complexity index is 309. The van der Waals surface area contributed by atoms with Crippen LogP contribution in [-0.2, 0) is 4.74 Å². The van der Waals surface area contributed by atoms with E-state index in [1.54, 1.807) is 4.90 Å². The van der Waals surface area contributed by atoms with E-state index < -0.39 is 0 Å². The number of aliphatic imine (C=N–C) groups is 1. The van der Waals surface area contributed by atoms with Crippen molar-refractivity contribution in [3.05, 3.63) is 0 Å².